The topological polar surface area (TPSA) is 97.4 Å². The highest BCUT2D eigenvalue weighted by molar-refractivity contribution is 5.81. The number of nitrogens with zero attached hydrogens (tertiary/aromatic N) is 3. The fraction of sp³-hybridized carbons (Fsp3) is 0.375. The Morgan fingerprint density at radius 3 is 2.72 bits per heavy atom. The molecular weight excluding hydrogens is 413 g/mol. The van der Waals surface area contributed by atoms with Crippen molar-refractivity contribution in [3.8, 4) is 5.75 Å². The maximum Gasteiger partial charge on any atom is 0.306 e. The molecule has 0 aliphatic rings. The average Bonchev–Trinajstić information content (AvgIpc) is 3.17. The van der Waals surface area contributed by atoms with Crippen molar-refractivity contribution in [3.63, 3.8) is 0 Å². The van der Waals surface area contributed by atoms with Crippen molar-refractivity contribution in [1.29, 1.82) is 0 Å². The Morgan fingerprint density at radius 2 is 1.97 bits per heavy atom. The molecule has 0 aliphatic heterocycles. The molecule has 1 aromatic heterocycles. The van der Waals surface area contributed by atoms with Crippen molar-refractivity contribution in [1.82, 2.24) is 0 Å². The highest BCUT2D eigenvalue weighted by atomic mass is 19.1. The van der Waals surface area contributed by atoms with Crippen molar-refractivity contribution in [2.24, 2.45) is 5.11 Å². The molecule has 3 rings (SSSR count). The molecule has 0 N–H and O–H groups in total. The molecule has 3 aromatic rings. The summed E-state index contributed by atoms with van der Waals surface area (Å²) < 4.78 is 31.0. The van der Waals surface area contributed by atoms with E-state index in [4.69, 9.17) is 19.4 Å². The predicted octanol–water partition coefficient (Wildman–Crippen LogP) is 6.12. The van der Waals surface area contributed by atoms with Crippen LogP contribution in [0.4, 0.5) is 4.39 Å². The van der Waals surface area contributed by atoms with Crippen LogP contribution in [0.5, 0.6) is 5.75 Å². The monoisotopic (exact) mass is 439 g/mol. The lowest BCUT2D eigenvalue weighted by atomic mass is 9.99. The van der Waals surface area contributed by atoms with Gasteiger partial charge >= 0.3 is 5.97 Å². The summed E-state index contributed by atoms with van der Waals surface area (Å²) in [4.78, 5) is 14.4. The first-order valence-corrected chi connectivity index (χ1v) is 10.5. The molecule has 0 saturated heterocycles. The fourth-order valence-electron chi connectivity index (χ4n) is 3.58. The Morgan fingerprint density at radius 1 is 1.16 bits per heavy atom. The first-order valence-electron chi connectivity index (χ1n) is 10.5. The van der Waals surface area contributed by atoms with E-state index in [0.29, 0.717) is 53.9 Å². The minimum atomic E-state index is -0.374. The smallest absolute Gasteiger partial charge is 0.306 e. The fourth-order valence-corrected chi connectivity index (χ4v) is 3.58. The number of carbonyl (C=O) groups excluding carboxylic acids is 1. The van der Waals surface area contributed by atoms with Crippen LogP contribution in [0, 0.1) is 19.7 Å². The largest absolute Gasteiger partial charge is 0.488 e. The average molecular weight is 439 g/mol. The first-order chi connectivity index (χ1) is 15.4. The maximum atomic E-state index is 14.1. The molecule has 0 aliphatic carbocycles. The number of hydrogen-bond donors (Lipinski definition) is 0. The number of esters is 1. The van der Waals surface area contributed by atoms with Crippen molar-refractivity contribution in [2.75, 3.05) is 13.2 Å². The van der Waals surface area contributed by atoms with Crippen LogP contribution in [-0.4, -0.2) is 19.1 Å². The van der Waals surface area contributed by atoms with E-state index in [1.165, 1.54) is 12.1 Å². The highest BCUT2D eigenvalue weighted by Gasteiger charge is 2.14. The molecule has 168 valence electrons. The molecule has 0 fully saturated rings. The van der Waals surface area contributed by atoms with Gasteiger partial charge in [0.15, 0.2) is 0 Å². The summed E-state index contributed by atoms with van der Waals surface area (Å²) in [6, 6.07) is 8.38. The van der Waals surface area contributed by atoms with E-state index in [1.807, 2.05) is 26.0 Å². The van der Waals surface area contributed by atoms with Gasteiger partial charge in [0.2, 0.25) is 0 Å². The number of halogens is 1. The number of rotatable bonds is 10. The first kappa shape index (κ1) is 23.2. The molecule has 0 atom stereocenters. The molecule has 0 bridgehead atoms. The summed E-state index contributed by atoms with van der Waals surface area (Å²) in [5.74, 6) is 0.727. The molecule has 7 nitrogen and oxygen atoms in total. The Bertz CT molecular complexity index is 1170. The zero-order valence-electron chi connectivity index (χ0n) is 18.5. The molecule has 0 amide bonds. The lowest BCUT2D eigenvalue weighted by Gasteiger charge is -2.15. The third-order valence-corrected chi connectivity index (χ3v) is 5.37. The van der Waals surface area contributed by atoms with Gasteiger partial charge in [0.1, 0.15) is 29.5 Å². The Labute approximate surface area is 185 Å². The summed E-state index contributed by atoms with van der Waals surface area (Å²) in [7, 11) is 0. The summed E-state index contributed by atoms with van der Waals surface area (Å²) in [6.45, 7) is 6.53. The van der Waals surface area contributed by atoms with E-state index in [-0.39, 0.29) is 24.9 Å². The van der Waals surface area contributed by atoms with Gasteiger partial charge in [0, 0.05) is 35.2 Å². The number of fused-ring (bicyclic) bond motifs is 1. The second kappa shape index (κ2) is 10.7. The molecule has 2 aromatic carbocycles. The van der Waals surface area contributed by atoms with Crippen molar-refractivity contribution >= 4 is 16.9 Å². The van der Waals surface area contributed by atoms with Gasteiger partial charge in [0.05, 0.1) is 6.61 Å². The van der Waals surface area contributed by atoms with Crippen LogP contribution in [0.1, 0.15) is 41.4 Å². The number of hydrogen-bond acceptors (Lipinski definition) is 5. The Kier molecular flexibility index (Phi) is 7.73. The summed E-state index contributed by atoms with van der Waals surface area (Å²) in [5.41, 5.74) is 12.7. The molecule has 0 radical (unpaired) electrons. The van der Waals surface area contributed by atoms with E-state index in [9.17, 15) is 9.18 Å². The molecular formula is C24H26FN3O4. The molecule has 32 heavy (non-hydrogen) atoms. The van der Waals surface area contributed by atoms with Gasteiger partial charge in [-0.3, -0.25) is 4.79 Å². The zero-order valence-corrected chi connectivity index (χ0v) is 18.5. The summed E-state index contributed by atoms with van der Waals surface area (Å²) >= 11 is 0. The maximum absolute atomic E-state index is 14.1. The van der Waals surface area contributed by atoms with Crippen LogP contribution in [0.3, 0.4) is 0 Å². The van der Waals surface area contributed by atoms with Crippen LogP contribution < -0.4 is 4.74 Å². The standard InChI is InChI=1S/C24H26FN3O4/c1-4-30-23(29)8-6-17-5-7-22(16(3)15(17)2)31-14-19-12-20(25)11-18-13-21(32-24(18)19)9-10-27-28-26/h5,7,11-13H,4,6,8-10,14H2,1-3H3. The normalized spacial score (nSPS) is 10.8. The minimum absolute atomic E-state index is 0.139. The van der Waals surface area contributed by atoms with Crippen molar-refractivity contribution in [3.05, 3.63) is 74.6 Å². The summed E-state index contributed by atoms with van der Waals surface area (Å²) in [5, 5.41) is 4.15. The van der Waals surface area contributed by atoms with E-state index in [0.717, 1.165) is 16.7 Å². The molecule has 0 spiro atoms. The van der Waals surface area contributed by atoms with Gasteiger partial charge in [-0.05, 0) is 73.7 Å². The highest BCUT2D eigenvalue weighted by Crippen LogP contribution is 2.29. The van der Waals surface area contributed by atoms with E-state index < -0.39 is 0 Å². The predicted molar refractivity (Wildman–Crippen MR) is 119 cm³/mol. The third-order valence-electron chi connectivity index (χ3n) is 5.37. The number of aryl methyl sites for hydroxylation is 1. The Balaban J connectivity index is 1.75. The van der Waals surface area contributed by atoms with Crippen LogP contribution in [-0.2, 0) is 29.0 Å². The number of benzene rings is 2. The van der Waals surface area contributed by atoms with Gasteiger partial charge in [-0.15, -0.1) is 0 Å². The second-order valence-electron chi connectivity index (χ2n) is 7.47. The molecule has 0 unspecified atom stereocenters. The number of azide groups is 1. The minimum Gasteiger partial charge on any atom is -0.488 e. The molecule has 8 heteroatoms. The van der Waals surface area contributed by atoms with Crippen LogP contribution in [0.25, 0.3) is 21.4 Å². The number of furan rings is 1. The molecule has 1 heterocycles. The zero-order chi connectivity index (χ0) is 23.1. The van der Waals surface area contributed by atoms with Crippen molar-refractivity contribution in [2.45, 2.75) is 46.6 Å². The van der Waals surface area contributed by atoms with Gasteiger partial charge in [-0.25, -0.2) is 4.39 Å². The van der Waals surface area contributed by atoms with Gasteiger partial charge in [0.25, 0.3) is 0 Å². The van der Waals surface area contributed by atoms with E-state index >= 15 is 0 Å². The number of ether oxygens (including phenoxy) is 2. The summed E-state index contributed by atoms with van der Waals surface area (Å²) in [6.07, 6.45) is 1.36. The third kappa shape index (κ3) is 5.59. The van der Waals surface area contributed by atoms with Crippen LogP contribution in [0.2, 0.25) is 0 Å². The van der Waals surface area contributed by atoms with E-state index in [1.54, 1.807) is 13.0 Å². The number of carbonyl (C=O) groups is 1. The molecule has 0 saturated carbocycles. The van der Waals surface area contributed by atoms with Crippen molar-refractivity contribution < 1.29 is 23.1 Å². The quantitative estimate of drug-likeness (QED) is 0.165. The van der Waals surface area contributed by atoms with Crippen LogP contribution in [0.15, 0.2) is 39.9 Å². The Hall–Kier alpha value is -3.51. The lowest BCUT2D eigenvalue weighted by molar-refractivity contribution is -0.143. The second-order valence-corrected chi connectivity index (χ2v) is 7.47. The van der Waals surface area contributed by atoms with Crippen LogP contribution >= 0.6 is 0 Å². The lowest BCUT2D eigenvalue weighted by Crippen LogP contribution is -2.06. The van der Waals surface area contributed by atoms with Gasteiger partial charge in [-0.1, -0.05) is 11.2 Å². The van der Waals surface area contributed by atoms with Gasteiger partial charge in [-0.2, -0.15) is 0 Å². The van der Waals surface area contributed by atoms with Gasteiger partial charge < -0.3 is 13.9 Å². The SMILES string of the molecule is CCOC(=O)CCc1ccc(OCc2cc(F)cc3cc(CCN=[N+]=[N-])oc23)c(C)c1C. The van der Waals surface area contributed by atoms with E-state index in [2.05, 4.69) is 10.0 Å².